The molecule has 0 heterocycles. The van der Waals surface area contributed by atoms with Gasteiger partial charge in [-0.05, 0) is 25.2 Å². The molecule has 0 unspecified atom stereocenters. The zero-order valence-electron chi connectivity index (χ0n) is 8.84. The number of rotatable bonds is 6. The van der Waals surface area contributed by atoms with Crippen molar-refractivity contribution < 1.29 is 18.3 Å². The van der Waals surface area contributed by atoms with Gasteiger partial charge in [0.2, 0.25) is 5.92 Å². The highest BCUT2D eigenvalue weighted by Gasteiger charge is 2.37. The minimum atomic E-state index is -2.69. The van der Waals surface area contributed by atoms with Crippen LogP contribution < -0.4 is 5.73 Å². The van der Waals surface area contributed by atoms with Gasteiger partial charge in [0.1, 0.15) is 6.04 Å². The van der Waals surface area contributed by atoms with Crippen molar-refractivity contribution in [2.45, 2.75) is 44.1 Å². The molecule has 15 heavy (non-hydrogen) atoms. The molecule has 0 spiro atoms. The van der Waals surface area contributed by atoms with Gasteiger partial charge >= 0.3 is 5.97 Å². The van der Waals surface area contributed by atoms with Gasteiger partial charge in [-0.1, -0.05) is 0 Å². The second kappa shape index (κ2) is 4.88. The number of carbonyl (C=O) groups excluding carboxylic acids is 1. The number of carbonyl (C=O) groups is 1. The van der Waals surface area contributed by atoms with Crippen LogP contribution in [0.5, 0.6) is 0 Å². The molecule has 0 saturated heterocycles. The van der Waals surface area contributed by atoms with Gasteiger partial charge in [0.05, 0.1) is 7.11 Å². The first-order valence-corrected chi connectivity index (χ1v) is 5.16. The standard InChI is InChI=1S/C10H17F2NO2/c1-15-9(14)8(13)4-5-10(11,12)6-7-2-3-7/h7-8H,2-6,13H2,1H3/t8-/m0/s1. The summed E-state index contributed by atoms with van der Waals surface area (Å²) in [6, 6.07) is -0.930. The highest BCUT2D eigenvalue weighted by molar-refractivity contribution is 5.75. The molecule has 1 atom stereocenters. The van der Waals surface area contributed by atoms with Gasteiger partial charge in [-0.25, -0.2) is 8.78 Å². The maximum absolute atomic E-state index is 13.2. The Balaban J connectivity index is 2.24. The third-order valence-electron chi connectivity index (χ3n) is 2.61. The lowest BCUT2D eigenvalue weighted by molar-refractivity contribution is -0.142. The Morgan fingerprint density at radius 1 is 1.60 bits per heavy atom. The van der Waals surface area contributed by atoms with E-state index in [1.807, 2.05) is 0 Å². The number of nitrogens with two attached hydrogens (primary N) is 1. The van der Waals surface area contributed by atoms with E-state index in [9.17, 15) is 13.6 Å². The molecule has 1 saturated carbocycles. The monoisotopic (exact) mass is 221 g/mol. The van der Waals surface area contributed by atoms with Crippen molar-refractivity contribution in [1.82, 2.24) is 0 Å². The van der Waals surface area contributed by atoms with E-state index in [1.165, 1.54) is 7.11 Å². The topological polar surface area (TPSA) is 52.3 Å². The molecule has 5 heteroatoms. The summed E-state index contributed by atoms with van der Waals surface area (Å²) >= 11 is 0. The van der Waals surface area contributed by atoms with E-state index in [0.717, 1.165) is 12.8 Å². The number of esters is 1. The Labute approximate surface area is 88.0 Å². The molecule has 2 N–H and O–H groups in total. The maximum Gasteiger partial charge on any atom is 0.322 e. The molecule has 0 aromatic heterocycles. The molecule has 3 nitrogen and oxygen atoms in total. The first-order valence-electron chi connectivity index (χ1n) is 5.16. The number of alkyl halides is 2. The predicted octanol–water partition coefficient (Wildman–Crippen LogP) is 1.70. The molecule has 0 radical (unpaired) electrons. The van der Waals surface area contributed by atoms with Crippen molar-refractivity contribution in [1.29, 1.82) is 0 Å². The minimum Gasteiger partial charge on any atom is -0.468 e. The summed E-state index contributed by atoms with van der Waals surface area (Å²) in [6.45, 7) is 0. The Morgan fingerprint density at radius 3 is 2.67 bits per heavy atom. The first-order chi connectivity index (χ1) is 6.94. The van der Waals surface area contributed by atoms with Gasteiger partial charge in [-0.2, -0.15) is 0 Å². The van der Waals surface area contributed by atoms with Crippen LogP contribution in [0.2, 0.25) is 0 Å². The average molecular weight is 221 g/mol. The van der Waals surface area contributed by atoms with Crippen LogP contribution in [0.1, 0.15) is 32.1 Å². The van der Waals surface area contributed by atoms with Crippen LogP contribution in [0.15, 0.2) is 0 Å². The largest absolute Gasteiger partial charge is 0.468 e. The van der Waals surface area contributed by atoms with Crippen molar-refractivity contribution in [3.63, 3.8) is 0 Å². The van der Waals surface area contributed by atoms with Crippen LogP contribution in [-0.2, 0) is 9.53 Å². The zero-order valence-corrected chi connectivity index (χ0v) is 8.84. The third kappa shape index (κ3) is 4.55. The summed E-state index contributed by atoms with van der Waals surface area (Å²) in [7, 11) is 1.20. The van der Waals surface area contributed by atoms with Crippen LogP contribution in [0, 0.1) is 5.92 Å². The Bertz CT molecular complexity index is 229. The number of halogens is 2. The summed E-state index contributed by atoms with van der Waals surface area (Å²) in [5.74, 6) is -3.14. The lowest BCUT2D eigenvalue weighted by atomic mass is 10.0. The summed E-state index contributed by atoms with van der Waals surface area (Å²) in [4.78, 5) is 10.9. The van der Waals surface area contributed by atoms with Crippen molar-refractivity contribution in [2.24, 2.45) is 11.7 Å². The van der Waals surface area contributed by atoms with Crippen LogP contribution in [0.4, 0.5) is 8.78 Å². The molecule has 1 aliphatic rings. The molecular formula is C10H17F2NO2. The van der Waals surface area contributed by atoms with E-state index in [0.29, 0.717) is 0 Å². The Morgan fingerprint density at radius 2 is 2.20 bits per heavy atom. The molecule has 0 aromatic rings. The Kier molecular flexibility index (Phi) is 4.02. The van der Waals surface area contributed by atoms with Crippen molar-refractivity contribution in [3.05, 3.63) is 0 Å². The van der Waals surface area contributed by atoms with Gasteiger partial charge < -0.3 is 10.5 Å². The average Bonchev–Trinajstić information content (AvgIpc) is 2.96. The van der Waals surface area contributed by atoms with Gasteiger partial charge in [0.15, 0.2) is 0 Å². The van der Waals surface area contributed by atoms with E-state index in [1.54, 1.807) is 0 Å². The SMILES string of the molecule is COC(=O)[C@@H](N)CCC(F)(F)CC1CC1. The fourth-order valence-electron chi connectivity index (χ4n) is 1.48. The van der Waals surface area contributed by atoms with E-state index in [-0.39, 0.29) is 25.2 Å². The molecule has 1 aliphatic carbocycles. The summed E-state index contributed by atoms with van der Waals surface area (Å²) in [5, 5.41) is 0. The fourth-order valence-corrected chi connectivity index (χ4v) is 1.48. The van der Waals surface area contributed by atoms with E-state index in [2.05, 4.69) is 4.74 Å². The predicted molar refractivity (Wildman–Crippen MR) is 51.5 cm³/mol. The first kappa shape index (κ1) is 12.4. The zero-order chi connectivity index (χ0) is 11.5. The number of hydrogen-bond acceptors (Lipinski definition) is 3. The summed E-state index contributed by atoms with van der Waals surface area (Å²) in [5.41, 5.74) is 5.37. The van der Waals surface area contributed by atoms with E-state index in [4.69, 9.17) is 5.73 Å². The van der Waals surface area contributed by atoms with Crippen LogP contribution in [0.25, 0.3) is 0 Å². The Hall–Kier alpha value is -0.710. The number of methoxy groups -OCH3 is 1. The maximum atomic E-state index is 13.2. The van der Waals surface area contributed by atoms with Crippen molar-refractivity contribution >= 4 is 5.97 Å². The van der Waals surface area contributed by atoms with Crippen molar-refractivity contribution in [3.8, 4) is 0 Å². The molecular weight excluding hydrogens is 204 g/mol. The lowest BCUT2D eigenvalue weighted by Gasteiger charge is -2.17. The van der Waals surface area contributed by atoms with Gasteiger partial charge in [0, 0.05) is 12.8 Å². The fraction of sp³-hybridized carbons (Fsp3) is 0.900. The molecule has 1 fully saturated rings. The highest BCUT2D eigenvalue weighted by Crippen LogP contribution is 2.40. The second-order valence-corrected chi connectivity index (χ2v) is 4.17. The van der Waals surface area contributed by atoms with E-state index < -0.39 is 17.9 Å². The number of ether oxygens (including phenoxy) is 1. The quantitative estimate of drug-likeness (QED) is 0.694. The van der Waals surface area contributed by atoms with Crippen LogP contribution in [0.3, 0.4) is 0 Å². The highest BCUT2D eigenvalue weighted by atomic mass is 19.3. The summed E-state index contributed by atoms with van der Waals surface area (Å²) < 4.78 is 30.8. The van der Waals surface area contributed by atoms with Gasteiger partial charge in [-0.3, -0.25) is 4.79 Å². The number of hydrogen-bond donors (Lipinski definition) is 1. The molecule has 0 amide bonds. The van der Waals surface area contributed by atoms with Crippen LogP contribution in [-0.4, -0.2) is 25.0 Å². The molecule has 88 valence electrons. The van der Waals surface area contributed by atoms with Crippen molar-refractivity contribution in [2.75, 3.05) is 7.11 Å². The summed E-state index contributed by atoms with van der Waals surface area (Å²) in [6.07, 6.45) is 1.38. The van der Waals surface area contributed by atoms with E-state index >= 15 is 0 Å². The second-order valence-electron chi connectivity index (χ2n) is 4.17. The minimum absolute atomic E-state index is 0.0214. The van der Waals surface area contributed by atoms with Gasteiger partial charge in [-0.15, -0.1) is 0 Å². The van der Waals surface area contributed by atoms with Crippen LogP contribution >= 0.6 is 0 Å². The normalized spacial score (nSPS) is 18.7. The third-order valence-corrected chi connectivity index (χ3v) is 2.61. The lowest BCUT2D eigenvalue weighted by Crippen LogP contribution is -2.33. The molecule has 0 aromatic carbocycles. The smallest absolute Gasteiger partial charge is 0.322 e. The van der Waals surface area contributed by atoms with Gasteiger partial charge in [0.25, 0.3) is 0 Å². The molecule has 1 rings (SSSR count). The molecule has 0 bridgehead atoms. The molecule has 0 aliphatic heterocycles.